The average Bonchev–Trinajstić information content (AvgIpc) is 3.00. The number of methoxy groups -OCH3 is 1. The van der Waals surface area contributed by atoms with Gasteiger partial charge in [-0.3, -0.25) is 14.4 Å². The normalized spacial score (nSPS) is 29.7. The number of ether oxygens (including phenoxy) is 3. The first-order chi connectivity index (χ1) is 20.9. The van der Waals surface area contributed by atoms with Crippen LogP contribution >= 0.6 is 12.4 Å². The number of aliphatic hydroxyl groups excluding tert-OH is 1. The van der Waals surface area contributed by atoms with E-state index in [1.165, 1.54) is 32.6 Å². The number of carbonyl (C=O) groups excluding carboxylic acids is 3. The van der Waals surface area contributed by atoms with E-state index in [2.05, 4.69) is 5.32 Å². The number of carbonyl (C=O) groups is 3. The molecule has 11 nitrogen and oxygen atoms in total. The molecule has 1 saturated heterocycles. The van der Waals surface area contributed by atoms with Crippen LogP contribution in [0.4, 0.5) is 0 Å². The van der Waals surface area contributed by atoms with Crippen molar-refractivity contribution in [2.45, 2.75) is 108 Å². The van der Waals surface area contributed by atoms with Crippen LogP contribution in [0.3, 0.4) is 0 Å². The summed E-state index contributed by atoms with van der Waals surface area (Å²) in [6.45, 7) is 2.94. The fraction of sp³-hybridized carbons (Fsp3) is 0.545. The van der Waals surface area contributed by atoms with Crippen molar-refractivity contribution >= 4 is 29.8 Å². The van der Waals surface area contributed by atoms with E-state index in [1.807, 2.05) is 0 Å². The van der Waals surface area contributed by atoms with Crippen LogP contribution in [0, 0.1) is 0 Å². The number of phenolic OH excluding ortho intramolecular Hbond substituents is 2. The van der Waals surface area contributed by atoms with Crippen LogP contribution < -0.4 is 10.1 Å². The lowest BCUT2D eigenvalue weighted by Gasteiger charge is -2.43. The highest BCUT2D eigenvalue weighted by Crippen LogP contribution is 2.52. The summed E-state index contributed by atoms with van der Waals surface area (Å²) in [6.07, 6.45) is 1.44. The fourth-order valence-corrected chi connectivity index (χ4v) is 7.36. The Kier molecular flexibility index (Phi) is 9.34. The van der Waals surface area contributed by atoms with Crippen LogP contribution in [0.2, 0.25) is 0 Å². The summed E-state index contributed by atoms with van der Waals surface area (Å²) in [7, 11) is 1.36. The van der Waals surface area contributed by atoms with Gasteiger partial charge in [-0.15, -0.1) is 12.4 Å². The molecule has 3 aliphatic carbocycles. The molecule has 2 fully saturated rings. The van der Waals surface area contributed by atoms with E-state index in [1.54, 1.807) is 13.0 Å². The summed E-state index contributed by atoms with van der Waals surface area (Å²) < 4.78 is 17.7. The zero-order chi connectivity index (χ0) is 31.5. The maximum Gasteiger partial charge on any atom is 0.202 e. The maximum atomic E-state index is 13.8. The molecule has 0 spiro atoms. The minimum atomic E-state index is -1.99. The lowest BCUT2D eigenvalue weighted by molar-refractivity contribution is -0.250. The van der Waals surface area contributed by atoms with Gasteiger partial charge in [-0.1, -0.05) is 31.4 Å². The second-order valence-electron chi connectivity index (χ2n) is 12.6. The number of phenols is 2. The molecule has 45 heavy (non-hydrogen) atoms. The van der Waals surface area contributed by atoms with Gasteiger partial charge >= 0.3 is 0 Å². The first-order valence-electron chi connectivity index (χ1n) is 15.3. The topological polar surface area (TPSA) is 172 Å². The Morgan fingerprint density at radius 1 is 1.04 bits per heavy atom. The van der Waals surface area contributed by atoms with E-state index in [4.69, 9.17) is 14.2 Å². The van der Waals surface area contributed by atoms with E-state index in [-0.39, 0.29) is 65.3 Å². The van der Waals surface area contributed by atoms with Crippen LogP contribution in [0.15, 0.2) is 18.2 Å². The highest BCUT2D eigenvalue weighted by atomic mass is 35.5. The number of ketones is 3. The Hall–Kier alpha value is -3.06. The van der Waals surface area contributed by atoms with Crippen LogP contribution in [0.1, 0.15) is 108 Å². The molecule has 0 radical (unpaired) electrons. The van der Waals surface area contributed by atoms with Crippen LogP contribution in [-0.2, 0) is 20.7 Å². The Labute approximate surface area is 267 Å². The number of nitrogens with one attached hydrogen (secondary N) is 1. The number of benzene rings is 2. The predicted octanol–water partition coefficient (Wildman–Crippen LogP) is 3.41. The van der Waals surface area contributed by atoms with E-state index in [0.29, 0.717) is 0 Å². The molecule has 5 N–H and O–H groups in total. The van der Waals surface area contributed by atoms with Crippen LogP contribution in [0.25, 0.3) is 0 Å². The maximum absolute atomic E-state index is 13.8. The van der Waals surface area contributed by atoms with Gasteiger partial charge in [0.2, 0.25) is 5.78 Å². The number of hydrogen-bond donors (Lipinski definition) is 5. The molecule has 6 rings (SSSR count). The van der Waals surface area contributed by atoms with Gasteiger partial charge < -0.3 is 40.0 Å². The smallest absolute Gasteiger partial charge is 0.202 e. The molecule has 0 aromatic heterocycles. The molecular weight excluding hydrogens is 606 g/mol. The second kappa shape index (κ2) is 12.6. The largest absolute Gasteiger partial charge is 0.507 e. The second-order valence-corrected chi connectivity index (χ2v) is 12.6. The van der Waals surface area contributed by atoms with E-state index >= 15 is 0 Å². The lowest BCUT2D eigenvalue weighted by atomic mass is 9.72. The molecule has 244 valence electrons. The Balaban J connectivity index is 0.00000400. The van der Waals surface area contributed by atoms with Crippen molar-refractivity contribution in [1.82, 2.24) is 5.32 Å². The molecular formula is C33H40ClNO10. The van der Waals surface area contributed by atoms with Crippen molar-refractivity contribution in [3.8, 4) is 17.2 Å². The summed E-state index contributed by atoms with van der Waals surface area (Å²) >= 11 is 0. The first-order valence-corrected chi connectivity index (χ1v) is 15.3. The molecule has 0 unspecified atom stereocenters. The third-order valence-electron chi connectivity index (χ3n) is 9.81. The Morgan fingerprint density at radius 2 is 1.73 bits per heavy atom. The van der Waals surface area contributed by atoms with Gasteiger partial charge in [-0.25, -0.2) is 0 Å². The SMILES string of the molecule is COc1cccc2c1C(=O)c1c(O)c3c(c(O)c1C2=O)C[C@@](O)(C(C)=O)C[C@@H]3O[C@H]1C[C@H](NC2CCCCC2)[C@H](O)[C@H](C)O1.Cl. The van der Waals surface area contributed by atoms with Gasteiger partial charge in [0.1, 0.15) is 22.8 Å². The van der Waals surface area contributed by atoms with Crippen molar-refractivity contribution in [3.05, 3.63) is 51.6 Å². The molecule has 1 heterocycles. The van der Waals surface area contributed by atoms with Gasteiger partial charge in [0.25, 0.3) is 0 Å². The van der Waals surface area contributed by atoms with Crippen molar-refractivity contribution in [2.75, 3.05) is 7.11 Å². The van der Waals surface area contributed by atoms with Crippen molar-refractivity contribution in [3.63, 3.8) is 0 Å². The minimum absolute atomic E-state index is 0. The number of Topliss-reactive ketones (excluding diaryl/α,β-unsaturated/α-hetero) is 1. The van der Waals surface area contributed by atoms with Gasteiger partial charge in [-0.05, 0) is 32.8 Å². The van der Waals surface area contributed by atoms with Gasteiger partial charge in [0, 0.05) is 48.0 Å². The molecule has 0 bridgehead atoms. The van der Waals surface area contributed by atoms with Crippen molar-refractivity contribution in [2.24, 2.45) is 0 Å². The van der Waals surface area contributed by atoms with Crippen molar-refractivity contribution < 1.29 is 49.0 Å². The summed E-state index contributed by atoms with van der Waals surface area (Å²) in [5.74, 6) is -3.03. The number of hydrogen-bond acceptors (Lipinski definition) is 11. The van der Waals surface area contributed by atoms with E-state index in [9.17, 15) is 34.8 Å². The monoisotopic (exact) mass is 645 g/mol. The summed E-state index contributed by atoms with van der Waals surface area (Å²) in [6, 6.07) is 4.40. The molecule has 1 saturated carbocycles. The molecule has 2 aromatic rings. The summed E-state index contributed by atoms with van der Waals surface area (Å²) in [5.41, 5.74) is -2.86. The zero-order valence-corrected chi connectivity index (χ0v) is 26.3. The quantitative estimate of drug-likeness (QED) is 0.249. The number of halogens is 1. The predicted molar refractivity (Wildman–Crippen MR) is 163 cm³/mol. The third kappa shape index (κ3) is 5.64. The molecule has 12 heteroatoms. The highest BCUT2D eigenvalue weighted by Gasteiger charge is 2.49. The van der Waals surface area contributed by atoms with Crippen molar-refractivity contribution in [1.29, 1.82) is 0 Å². The van der Waals surface area contributed by atoms with E-state index < -0.39 is 76.6 Å². The first kappa shape index (κ1) is 33.3. The van der Waals surface area contributed by atoms with Gasteiger partial charge in [0.15, 0.2) is 17.9 Å². The van der Waals surface area contributed by atoms with Gasteiger partial charge in [-0.2, -0.15) is 0 Å². The van der Waals surface area contributed by atoms with Gasteiger partial charge in [0.05, 0.1) is 42.1 Å². The minimum Gasteiger partial charge on any atom is -0.507 e. The number of aromatic hydroxyl groups is 2. The van der Waals surface area contributed by atoms with Crippen LogP contribution in [-0.4, -0.2) is 81.1 Å². The molecule has 4 aliphatic rings. The third-order valence-corrected chi connectivity index (χ3v) is 9.81. The molecule has 6 atom stereocenters. The molecule has 2 aromatic carbocycles. The van der Waals surface area contributed by atoms with E-state index in [0.717, 1.165) is 25.7 Å². The number of aliphatic hydroxyl groups is 2. The lowest BCUT2D eigenvalue weighted by Crippen LogP contribution is -2.56. The van der Waals surface area contributed by atoms with Crippen LogP contribution in [0.5, 0.6) is 17.2 Å². The molecule has 0 amide bonds. The fourth-order valence-electron chi connectivity index (χ4n) is 7.36. The highest BCUT2D eigenvalue weighted by molar-refractivity contribution is 6.31. The number of rotatable bonds is 6. The zero-order valence-electron chi connectivity index (χ0n) is 25.5. The Bertz CT molecular complexity index is 1520. The number of fused-ring (bicyclic) bond motifs is 3. The summed E-state index contributed by atoms with van der Waals surface area (Å²) in [4.78, 5) is 40.2. The summed E-state index contributed by atoms with van der Waals surface area (Å²) in [5, 5.41) is 49.1. The average molecular weight is 646 g/mol. The Morgan fingerprint density at radius 3 is 2.40 bits per heavy atom. The standard InChI is InChI=1S/C33H39NO10.ClH/c1-15-28(36)20(34-17-8-5-4-6-9-17)12-23(43-15)44-22-14-33(41,16(2)35)13-19-25(22)32(40)27-26(30(19)38)29(37)18-10-7-11-21(42-3)24(18)31(27)39;/h7,10-11,15,17,20,22-23,28,34,36,38,40-41H,4-6,8-9,12-14H2,1-3H3;1H/t15-,20-,22-,23-,28+,33-;/m0./s1. The molecule has 1 aliphatic heterocycles.